The van der Waals surface area contributed by atoms with Gasteiger partial charge in [-0.15, -0.1) is 0 Å². The van der Waals surface area contributed by atoms with Crippen molar-refractivity contribution in [1.29, 1.82) is 0 Å². The summed E-state index contributed by atoms with van der Waals surface area (Å²) in [7, 11) is 0. The maximum absolute atomic E-state index is 12.5. The number of rotatable bonds is 3. The highest BCUT2D eigenvalue weighted by molar-refractivity contribution is 5.60. The molecule has 0 atom stereocenters. The van der Waals surface area contributed by atoms with E-state index in [0.717, 1.165) is 11.6 Å². The van der Waals surface area contributed by atoms with E-state index in [0.29, 0.717) is 6.54 Å². The van der Waals surface area contributed by atoms with Gasteiger partial charge in [0.25, 0.3) is 0 Å². The van der Waals surface area contributed by atoms with Gasteiger partial charge >= 0.3 is 6.18 Å². The van der Waals surface area contributed by atoms with E-state index >= 15 is 0 Å². The zero-order valence-corrected chi connectivity index (χ0v) is 9.83. The lowest BCUT2D eigenvalue weighted by atomic mass is 10.2. The average molecular weight is 266 g/mol. The number of halogens is 3. The molecule has 0 fully saturated rings. The summed E-state index contributed by atoms with van der Waals surface area (Å²) in [5, 5.41) is 2.77. The Kier molecular flexibility index (Phi) is 3.59. The monoisotopic (exact) mass is 266 g/mol. The van der Waals surface area contributed by atoms with E-state index in [2.05, 4.69) is 16.4 Å². The van der Waals surface area contributed by atoms with E-state index in [1.54, 1.807) is 0 Å². The first-order valence-electron chi connectivity index (χ1n) is 5.50. The first-order chi connectivity index (χ1) is 8.97. The fourth-order valence-electron chi connectivity index (χ4n) is 1.49. The Bertz CT molecular complexity index is 553. The Morgan fingerprint density at radius 1 is 1.21 bits per heavy atom. The summed E-state index contributed by atoms with van der Waals surface area (Å²) in [5.74, 6) is -0.0151. The first-order valence-corrected chi connectivity index (χ1v) is 5.50. The molecule has 19 heavy (non-hydrogen) atoms. The molecule has 99 valence electrons. The molecule has 2 aromatic rings. The number of pyridine rings is 1. The summed E-state index contributed by atoms with van der Waals surface area (Å²) in [4.78, 5) is 3.47. The number of anilines is 2. The van der Waals surface area contributed by atoms with Gasteiger partial charge in [0.1, 0.15) is 5.69 Å². The number of nitrogens with one attached hydrogen (secondary N) is 1. The minimum atomic E-state index is -4.51. The standard InChI is InChI=1S/C13H11F3N3/c14-13(15,16)11-7-6-10(17)12(19-11)18-8-9-4-2-1-3-5-9/h1-5,7H,8,17H2,(H,18,19). The van der Waals surface area contributed by atoms with Crippen LogP contribution in [0.2, 0.25) is 0 Å². The van der Waals surface area contributed by atoms with Crippen LogP contribution in [0.3, 0.4) is 0 Å². The van der Waals surface area contributed by atoms with Crippen LogP contribution < -0.4 is 11.1 Å². The van der Waals surface area contributed by atoms with Crippen molar-refractivity contribution in [1.82, 2.24) is 4.98 Å². The van der Waals surface area contributed by atoms with Crippen LogP contribution in [0.1, 0.15) is 11.3 Å². The summed E-state index contributed by atoms with van der Waals surface area (Å²) >= 11 is 0. The quantitative estimate of drug-likeness (QED) is 0.897. The van der Waals surface area contributed by atoms with Crippen LogP contribution in [-0.4, -0.2) is 4.98 Å². The van der Waals surface area contributed by atoms with Crippen molar-refractivity contribution < 1.29 is 13.2 Å². The Morgan fingerprint density at radius 3 is 2.53 bits per heavy atom. The molecule has 0 saturated heterocycles. The molecule has 0 unspecified atom stereocenters. The topological polar surface area (TPSA) is 50.9 Å². The van der Waals surface area contributed by atoms with Gasteiger partial charge in [-0.2, -0.15) is 13.2 Å². The Hall–Kier alpha value is -2.24. The highest BCUT2D eigenvalue weighted by Crippen LogP contribution is 2.29. The van der Waals surface area contributed by atoms with E-state index in [-0.39, 0.29) is 11.5 Å². The van der Waals surface area contributed by atoms with Crippen molar-refractivity contribution in [3.05, 3.63) is 53.7 Å². The molecule has 1 aromatic heterocycles. The van der Waals surface area contributed by atoms with Crippen LogP contribution in [0, 0.1) is 6.07 Å². The lowest BCUT2D eigenvalue weighted by Crippen LogP contribution is -2.12. The van der Waals surface area contributed by atoms with Gasteiger partial charge in [0.2, 0.25) is 0 Å². The predicted molar refractivity (Wildman–Crippen MR) is 66.3 cm³/mol. The van der Waals surface area contributed by atoms with Crippen molar-refractivity contribution in [2.45, 2.75) is 12.7 Å². The Labute approximate surface area is 108 Å². The van der Waals surface area contributed by atoms with E-state index < -0.39 is 11.9 Å². The number of nitrogens with two attached hydrogens (primary N) is 1. The lowest BCUT2D eigenvalue weighted by molar-refractivity contribution is -0.141. The zero-order chi connectivity index (χ0) is 13.9. The third-order valence-electron chi connectivity index (χ3n) is 2.44. The van der Waals surface area contributed by atoms with E-state index in [4.69, 9.17) is 5.73 Å². The molecule has 0 bridgehead atoms. The second-order valence-corrected chi connectivity index (χ2v) is 3.88. The van der Waals surface area contributed by atoms with Gasteiger partial charge in [-0.3, -0.25) is 0 Å². The summed E-state index contributed by atoms with van der Waals surface area (Å²) in [6.45, 7) is 0.340. The maximum atomic E-state index is 12.5. The van der Waals surface area contributed by atoms with Crippen LogP contribution in [0.15, 0.2) is 36.4 Å². The van der Waals surface area contributed by atoms with Gasteiger partial charge in [-0.1, -0.05) is 30.3 Å². The zero-order valence-electron chi connectivity index (χ0n) is 9.83. The minimum Gasteiger partial charge on any atom is -0.395 e. The fraction of sp³-hybridized carbons (Fsp3) is 0.154. The van der Waals surface area contributed by atoms with Crippen LogP contribution >= 0.6 is 0 Å². The molecule has 3 nitrogen and oxygen atoms in total. The smallest absolute Gasteiger partial charge is 0.395 e. The summed E-state index contributed by atoms with van der Waals surface area (Å²) < 4.78 is 37.5. The van der Waals surface area contributed by atoms with Gasteiger partial charge < -0.3 is 11.1 Å². The van der Waals surface area contributed by atoms with E-state index in [1.807, 2.05) is 30.3 Å². The van der Waals surface area contributed by atoms with Crippen LogP contribution in [0.5, 0.6) is 0 Å². The largest absolute Gasteiger partial charge is 0.433 e. The van der Waals surface area contributed by atoms with Gasteiger partial charge in [0.15, 0.2) is 5.82 Å². The highest BCUT2D eigenvalue weighted by Gasteiger charge is 2.33. The minimum absolute atomic E-state index is 0.0151. The van der Waals surface area contributed by atoms with E-state index in [9.17, 15) is 13.2 Å². The molecule has 0 spiro atoms. The van der Waals surface area contributed by atoms with Gasteiger partial charge in [-0.25, -0.2) is 4.98 Å². The lowest BCUT2D eigenvalue weighted by Gasteiger charge is -2.11. The number of nitrogens with zero attached hydrogens (tertiary/aromatic N) is 1. The third-order valence-corrected chi connectivity index (χ3v) is 2.44. The molecular formula is C13H11F3N3. The second-order valence-electron chi connectivity index (χ2n) is 3.88. The van der Waals surface area contributed by atoms with Crippen LogP contribution in [0.25, 0.3) is 0 Å². The molecule has 0 aliphatic heterocycles. The van der Waals surface area contributed by atoms with Crippen molar-refractivity contribution in [2.24, 2.45) is 0 Å². The Morgan fingerprint density at radius 2 is 1.89 bits per heavy atom. The normalized spacial score (nSPS) is 11.3. The maximum Gasteiger partial charge on any atom is 0.433 e. The van der Waals surface area contributed by atoms with Crippen molar-refractivity contribution in [3.63, 3.8) is 0 Å². The van der Waals surface area contributed by atoms with Crippen LogP contribution in [-0.2, 0) is 12.7 Å². The molecule has 1 aromatic carbocycles. The summed E-state index contributed by atoms with van der Waals surface area (Å²) in [6.07, 6.45) is -4.51. The third kappa shape index (κ3) is 3.37. The number of nitrogen functional groups attached to an aromatic ring is 1. The molecule has 0 aliphatic carbocycles. The van der Waals surface area contributed by atoms with Crippen molar-refractivity contribution >= 4 is 11.5 Å². The van der Waals surface area contributed by atoms with Crippen molar-refractivity contribution in [3.8, 4) is 0 Å². The molecule has 0 aliphatic rings. The molecule has 1 radical (unpaired) electrons. The SMILES string of the molecule is Nc1[c]cc(C(F)(F)F)nc1NCc1ccccc1. The second kappa shape index (κ2) is 5.17. The highest BCUT2D eigenvalue weighted by atomic mass is 19.4. The van der Waals surface area contributed by atoms with Crippen LogP contribution in [0.4, 0.5) is 24.7 Å². The molecule has 6 heteroatoms. The number of aromatic nitrogens is 1. The number of hydrogen-bond acceptors (Lipinski definition) is 3. The molecular weight excluding hydrogens is 255 g/mol. The molecule has 2 rings (SSSR count). The first kappa shape index (κ1) is 13.2. The number of benzene rings is 1. The van der Waals surface area contributed by atoms with Gasteiger partial charge in [0, 0.05) is 12.6 Å². The molecule has 3 N–H and O–H groups in total. The van der Waals surface area contributed by atoms with Crippen molar-refractivity contribution in [2.75, 3.05) is 11.1 Å². The number of hydrogen-bond donors (Lipinski definition) is 2. The van der Waals surface area contributed by atoms with Gasteiger partial charge in [-0.05, 0) is 11.6 Å². The molecule has 1 heterocycles. The summed E-state index contributed by atoms with van der Waals surface area (Å²) in [6, 6.07) is 12.3. The predicted octanol–water partition coefficient (Wildman–Crippen LogP) is 3.09. The Balaban J connectivity index is 2.16. The average Bonchev–Trinajstić information content (AvgIpc) is 2.37. The fourth-order valence-corrected chi connectivity index (χ4v) is 1.49. The van der Waals surface area contributed by atoms with Gasteiger partial charge in [0.05, 0.1) is 5.69 Å². The molecule has 0 amide bonds. The van der Waals surface area contributed by atoms with E-state index in [1.165, 1.54) is 0 Å². The molecule has 0 saturated carbocycles. The number of alkyl halides is 3. The summed E-state index contributed by atoms with van der Waals surface area (Å²) in [5.41, 5.74) is 5.51.